The van der Waals surface area contributed by atoms with Gasteiger partial charge in [-0.3, -0.25) is 4.98 Å². The Morgan fingerprint density at radius 3 is 2.55 bits per heavy atom. The van der Waals surface area contributed by atoms with Crippen LogP contribution in [0.5, 0.6) is 0 Å². The van der Waals surface area contributed by atoms with Crippen molar-refractivity contribution in [1.82, 2.24) is 9.88 Å². The first kappa shape index (κ1) is 14.8. The molecule has 108 valence electrons. The van der Waals surface area contributed by atoms with Crippen LogP contribution in [0.3, 0.4) is 0 Å². The van der Waals surface area contributed by atoms with Crippen LogP contribution < -0.4 is 5.32 Å². The molecule has 0 saturated heterocycles. The molecule has 1 N–H and O–H groups in total. The zero-order chi connectivity index (χ0) is 14.7. The lowest BCUT2D eigenvalue weighted by Crippen LogP contribution is -2.36. The van der Waals surface area contributed by atoms with E-state index < -0.39 is 0 Å². The molecule has 0 saturated carbocycles. The Morgan fingerprint density at radius 2 is 1.90 bits per heavy atom. The van der Waals surface area contributed by atoms with Gasteiger partial charge in [0, 0.05) is 29.4 Å². The van der Waals surface area contributed by atoms with Gasteiger partial charge in [-0.25, -0.2) is 0 Å². The minimum Gasteiger partial charge on any atom is -0.380 e. The Bertz CT molecular complexity index is 575. The molecule has 3 nitrogen and oxygen atoms in total. The van der Waals surface area contributed by atoms with Crippen molar-refractivity contribution in [2.45, 2.75) is 26.8 Å². The maximum absolute atomic E-state index is 4.60. The third-order valence-electron chi connectivity index (χ3n) is 3.55. The number of nitrogens with one attached hydrogen (secondary N) is 1. The fourth-order valence-electron chi connectivity index (χ4n) is 2.44. The summed E-state index contributed by atoms with van der Waals surface area (Å²) < 4.78 is 0. The SMILES string of the molecule is Cc1cc(NC(CN(C)C)C(C)C)c2ccccc2n1. The second kappa shape index (κ2) is 6.23. The molecule has 0 fully saturated rings. The van der Waals surface area contributed by atoms with Gasteiger partial charge in [0.05, 0.1) is 5.52 Å². The van der Waals surface area contributed by atoms with E-state index in [1.165, 1.54) is 11.1 Å². The second-order valence-electron chi connectivity index (χ2n) is 6.09. The fourth-order valence-corrected chi connectivity index (χ4v) is 2.44. The van der Waals surface area contributed by atoms with Crippen LogP contribution in [0.15, 0.2) is 30.3 Å². The van der Waals surface area contributed by atoms with Crippen LogP contribution in [-0.2, 0) is 0 Å². The molecule has 0 amide bonds. The maximum atomic E-state index is 4.60. The van der Waals surface area contributed by atoms with E-state index in [0.717, 1.165) is 17.8 Å². The zero-order valence-corrected chi connectivity index (χ0v) is 13.1. The first-order valence-electron chi connectivity index (χ1n) is 7.25. The van der Waals surface area contributed by atoms with Crippen LogP contribution in [0.2, 0.25) is 0 Å². The van der Waals surface area contributed by atoms with E-state index in [1.54, 1.807) is 0 Å². The average Bonchev–Trinajstić information content (AvgIpc) is 2.37. The molecule has 1 unspecified atom stereocenters. The zero-order valence-electron chi connectivity index (χ0n) is 13.1. The highest BCUT2D eigenvalue weighted by molar-refractivity contribution is 5.91. The molecule has 20 heavy (non-hydrogen) atoms. The van der Waals surface area contributed by atoms with Gasteiger partial charge < -0.3 is 10.2 Å². The fraction of sp³-hybridized carbons (Fsp3) is 0.471. The number of hydrogen-bond donors (Lipinski definition) is 1. The number of hydrogen-bond acceptors (Lipinski definition) is 3. The summed E-state index contributed by atoms with van der Waals surface area (Å²) in [7, 11) is 4.24. The van der Waals surface area contributed by atoms with Crippen LogP contribution >= 0.6 is 0 Å². The van der Waals surface area contributed by atoms with E-state index in [4.69, 9.17) is 0 Å². The minimum atomic E-state index is 0.426. The summed E-state index contributed by atoms with van der Waals surface area (Å²) in [6.07, 6.45) is 0. The van der Waals surface area contributed by atoms with Crippen molar-refractivity contribution in [3.63, 3.8) is 0 Å². The van der Waals surface area contributed by atoms with Crippen LogP contribution in [0.1, 0.15) is 19.5 Å². The normalized spacial score (nSPS) is 13.2. The Kier molecular flexibility index (Phi) is 4.61. The second-order valence-corrected chi connectivity index (χ2v) is 6.09. The maximum Gasteiger partial charge on any atom is 0.0725 e. The number of aromatic nitrogens is 1. The summed E-state index contributed by atoms with van der Waals surface area (Å²) in [5.41, 5.74) is 3.30. The third kappa shape index (κ3) is 3.48. The lowest BCUT2D eigenvalue weighted by atomic mass is 10.0. The van der Waals surface area contributed by atoms with Gasteiger partial charge in [-0.2, -0.15) is 0 Å². The molecular formula is C17H25N3. The number of para-hydroxylation sites is 1. The number of nitrogens with zero attached hydrogens (tertiary/aromatic N) is 2. The van der Waals surface area contributed by atoms with Crippen LogP contribution in [-0.4, -0.2) is 36.6 Å². The standard InChI is InChI=1S/C17H25N3/c1-12(2)17(11-20(4)5)19-16-10-13(3)18-15-9-7-6-8-14(15)16/h6-10,12,17H,11H2,1-5H3,(H,18,19). The molecule has 0 bridgehead atoms. The number of benzene rings is 1. The summed E-state index contributed by atoms with van der Waals surface area (Å²) in [5, 5.41) is 4.91. The molecule has 0 spiro atoms. The molecule has 1 aromatic carbocycles. The van der Waals surface area contributed by atoms with Crippen LogP contribution in [0.25, 0.3) is 10.9 Å². The van der Waals surface area contributed by atoms with Gasteiger partial charge in [-0.05, 0) is 39.1 Å². The van der Waals surface area contributed by atoms with E-state index >= 15 is 0 Å². The molecule has 1 atom stereocenters. The number of anilines is 1. The van der Waals surface area contributed by atoms with E-state index in [9.17, 15) is 0 Å². The summed E-state index contributed by atoms with van der Waals surface area (Å²) >= 11 is 0. The lowest BCUT2D eigenvalue weighted by Gasteiger charge is -2.27. The monoisotopic (exact) mass is 271 g/mol. The van der Waals surface area contributed by atoms with Gasteiger partial charge in [0.25, 0.3) is 0 Å². The summed E-state index contributed by atoms with van der Waals surface area (Å²) in [6.45, 7) is 7.59. The molecule has 0 aliphatic heterocycles. The smallest absolute Gasteiger partial charge is 0.0725 e. The first-order chi connectivity index (χ1) is 9.47. The van der Waals surface area contributed by atoms with Crippen molar-refractivity contribution >= 4 is 16.6 Å². The van der Waals surface area contributed by atoms with Crippen molar-refractivity contribution in [2.24, 2.45) is 5.92 Å². The van der Waals surface area contributed by atoms with Gasteiger partial charge in [0.15, 0.2) is 0 Å². The highest BCUT2D eigenvalue weighted by atomic mass is 15.1. The number of rotatable bonds is 5. The Morgan fingerprint density at radius 1 is 1.20 bits per heavy atom. The van der Waals surface area contributed by atoms with Gasteiger partial charge in [0.1, 0.15) is 0 Å². The lowest BCUT2D eigenvalue weighted by molar-refractivity contribution is 0.345. The van der Waals surface area contributed by atoms with Gasteiger partial charge in [0.2, 0.25) is 0 Å². The predicted molar refractivity (Wildman–Crippen MR) is 87.3 cm³/mol. The van der Waals surface area contributed by atoms with Crippen molar-refractivity contribution in [2.75, 3.05) is 26.0 Å². The average molecular weight is 271 g/mol. The van der Waals surface area contributed by atoms with E-state index in [1.807, 2.05) is 13.0 Å². The van der Waals surface area contributed by atoms with E-state index in [0.29, 0.717) is 12.0 Å². The molecule has 2 rings (SSSR count). The summed E-state index contributed by atoms with van der Waals surface area (Å²) in [5.74, 6) is 0.574. The minimum absolute atomic E-state index is 0.426. The van der Waals surface area contributed by atoms with Gasteiger partial charge in [-0.15, -0.1) is 0 Å². The highest BCUT2D eigenvalue weighted by Gasteiger charge is 2.15. The summed E-state index contributed by atoms with van der Waals surface area (Å²) in [6, 6.07) is 10.9. The Labute approximate surface area is 122 Å². The van der Waals surface area contributed by atoms with Gasteiger partial charge >= 0.3 is 0 Å². The van der Waals surface area contributed by atoms with Crippen molar-refractivity contribution in [3.05, 3.63) is 36.0 Å². The Hall–Kier alpha value is -1.61. The van der Waals surface area contributed by atoms with Crippen molar-refractivity contribution in [3.8, 4) is 0 Å². The molecule has 3 heteroatoms. The molecule has 0 radical (unpaired) electrons. The van der Waals surface area contributed by atoms with Crippen LogP contribution in [0.4, 0.5) is 5.69 Å². The number of pyridine rings is 1. The molecular weight excluding hydrogens is 246 g/mol. The number of aryl methyl sites for hydroxylation is 1. The number of fused-ring (bicyclic) bond motifs is 1. The van der Waals surface area contributed by atoms with Crippen LogP contribution in [0, 0.1) is 12.8 Å². The quantitative estimate of drug-likeness (QED) is 0.901. The first-order valence-corrected chi connectivity index (χ1v) is 7.25. The van der Waals surface area contributed by atoms with E-state index in [2.05, 4.69) is 67.4 Å². The molecule has 2 aromatic rings. The topological polar surface area (TPSA) is 28.2 Å². The summed E-state index contributed by atoms with van der Waals surface area (Å²) in [4.78, 5) is 6.83. The predicted octanol–water partition coefficient (Wildman–Crippen LogP) is 3.54. The third-order valence-corrected chi connectivity index (χ3v) is 3.55. The Balaban J connectivity index is 2.36. The van der Waals surface area contributed by atoms with Gasteiger partial charge in [-0.1, -0.05) is 32.0 Å². The molecule has 1 aromatic heterocycles. The molecule has 0 aliphatic rings. The van der Waals surface area contributed by atoms with Crippen molar-refractivity contribution in [1.29, 1.82) is 0 Å². The van der Waals surface area contributed by atoms with E-state index in [-0.39, 0.29) is 0 Å². The molecule has 0 aliphatic carbocycles. The highest BCUT2D eigenvalue weighted by Crippen LogP contribution is 2.24. The number of likely N-dealkylation sites (N-methyl/N-ethyl adjacent to an activating group) is 1. The van der Waals surface area contributed by atoms with Crippen molar-refractivity contribution < 1.29 is 0 Å². The molecule has 1 heterocycles. The largest absolute Gasteiger partial charge is 0.380 e.